The molecule has 1 aliphatic rings. The summed E-state index contributed by atoms with van der Waals surface area (Å²) in [6, 6.07) is 5.81. The second-order valence-electron chi connectivity index (χ2n) is 5.15. The number of piperidine rings is 1. The number of benzene rings is 1. The van der Waals surface area contributed by atoms with E-state index in [4.69, 9.17) is 4.74 Å². The first kappa shape index (κ1) is 14.1. The average Bonchev–Trinajstić information content (AvgIpc) is 2.41. The maximum Gasteiger partial charge on any atom is 0.167 e. The first-order chi connectivity index (χ1) is 9.15. The van der Waals surface area contributed by atoms with E-state index < -0.39 is 0 Å². The zero-order valence-electron chi connectivity index (χ0n) is 11.9. The van der Waals surface area contributed by atoms with Crippen molar-refractivity contribution in [1.82, 2.24) is 5.32 Å². The normalized spacial score (nSPS) is 23.5. The number of anilines is 1. The van der Waals surface area contributed by atoms with Crippen LogP contribution in [0.4, 0.5) is 10.1 Å². The maximum atomic E-state index is 13.9. The fraction of sp³-hybridized carbons (Fsp3) is 0.600. The number of hydrogen-bond acceptors (Lipinski definition) is 3. The quantitative estimate of drug-likeness (QED) is 0.906. The molecule has 4 heteroatoms. The fourth-order valence-corrected chi connectivity index (χ4v) is 2.77. The van der Waals surface area contributed by atoms with Crippen LogP contribution in [0.5, 0.6) is 5.75 Å². The predicted octanol–water partition coefficient (Wildman–Crippen LogP) is 2.66. The summed E-state index contributed by atoms with van der Waals surface area (Å²) in [5.74, 6) is 0.625. The minimum absolute atomic E-state index is 0.275. The molecular formula is C15H23FN2O. The summed E-state index contributed by atoms with van der Waals surface area (Å²) in [7, 11) is 2.01. The highest BCUT2D eigenvalue weighted by molar-refractivity contribution is 5.50. The zero-order valence-corrected chi connectivity index (χ0v) is 11.9. The lowest BCUT2D eigenvalue weighted by Gasteiger charge is -2.38. The molecule has 2 rings (SSSR count). The van der Waals surface area contributed by atoms with Crippen molar-refractivity contribution in [2.45, 2.75) is 26.3 Å². The molecule has 0 aromatic heterocycles. The van der Waals surface area contributed by atoms with Crippen LogP contribution in [-0.4, -0.2) is 32.8 Å². The van der Waals surface area contributed by atoms with E-state index in [9.17, 15) is 4.39 Å². The molecule has 0 bridgehead atoms. The molecule has 0 saturated carbocycles. The summed E-state index contributed by atoms with van der Waals surface area (Å²) in [6.07, 6.45) is 1.09. The number of rotatable bonds is 4. The zero-order chi connectivity index (χ0) is 13.8. The van der Waals surface area contributed by atoms with E-state index >= 15 is 0 Å². The van der Waals surface area contributed by atoms with Crippen molar-refractivity contribution in [3.05, 3.63) is 24.0 Å². The van der Waals surface area contributed by atoms with Gasteiger partial charge in [0.2, 0.25) is 0 Å². The minimum atomic E-state index is -0.275. The van der Waals surface area contributed by atoms with Crippen LogP contribution in [0.2, 0.25) is 0 Å². The van der Waals surface area contributed by atoms with Gasteiger partial charge in [0.25, 0.3) is 0 Å². The fourth-order valence-electron chi connectivity index (χ4n) is 2.77. The van der Waals surface area contributed by atoms with E-state index in [0.29, 0.717) is 24.3 Å². The Labute approximate surface area is 114 Å². The Morgan fingerprint density at radius 3 is 2.84 bits per heavy atom. The van der Waals surface area contributed by atoms with Gasteiger partial charge in [0.05, 0.1) is 6.61 Å². The third-order valence-electron chi connectivity index (χ3n) is 3.86. The SMILES string of the molecule is CCOc1ccc(N2CCC(NC)C(C)C2)cc1F. The monoisotopic (exact) mass is 266 g/mol. The van der Waals surface area contributed by atoms with Crippen LogP contribution in [-0.2, 0) is 0 Å². The molecule has 106 valence electrons. The van der Waals surface area contributed by atoms with Gasteiger partial charge in [-0.3, -0.25) is 0 Å². The van der Waals surface area contributed by atoms with Crippen LogP contribution < -0.4 is 15.0 Å². The van der Waals surface area contributed by atoms with E-state index in [1.807, 2.05) is 20.0 Å². The van der Waals surface area contributed by atoms with E-state index in [-0.39, 0.29) is 5.82 Å². The first-order valence-electron chi connectivity index (χ1n) is 7.00. The molecule has 2 unspecified atom stereocenters. The predicted molar refractivity (Wildman–Crippen MR) is 76.4 cm³/mol. The van der Waals surface area contributed by atoms with Crippen molar-refractivity contribution in [2.24, 2.45) is 5.92 Å². The Morgan fingerprint density at radius 2 is 2.26 bits per heavy atom. The van der Waals surface area contributed by atoms with E-state index in [1.54, 1.807) is 12.1 Å². The average molecular weight is 266 g/mol. The molecule has 1 saturated heterocycles. The summed E-state index contributed by atoms with van der Waals surface area (Å²) < 4.78 is 19.1. The van der Waals surface area contributed by atoms with Crippen LogP contribution >= 0.6 is 0 Å². The van der Waals surface area contributed by atoms with Gasteiger partial charge < -0.3 is 15.0 Å². The van der Waals surface area contributed by atoms with Crippen LogP contribution in [0.25, 0.3) is 0 Å². The van der Waals surface area contributed by atoms with Gasteiger partial charge in [0.1, 0.15) is 0 Å². The van der Waals surface area contributed by atoms with Crippen molar-refractivity contribution >= 4 is 5.69 Å². The highest BCUT2D eigenvalue weighted by atomic mass is 19.1. The Bertz CT molecular complexity index is 425. The number of nitrogens with zero attached hydrogens (tertiary/aromatic N) is 1. The first-order valence-corrected chi connectivity index (χ1v) is 7.00. The number of hydrogen-bond donors (Lipinski definition) is 1. The molecule has 19 heavy (non-hydrogen) atoms. The molecule has 0 spiro atoms. The molecular weight excluding hydrogens is 243 g/mol. The molecule has 1 N–H and O–H groups in total. The van der Waals surface area contributed by atoms with Crippen LogP contribution in [0.15, 0.2) is 18.2 Å². The maximum absolute atomic E-state index is 13.9. The molecule has 1 fully saturated rings. The summed E-state index contributed by atoms with van der Waals surface area (Å²) in [5, 5.41) is 3.34. The van der Waals surface area contributed by atoms with E-state index in [0.717, 1.165) is 25.2 Å². The molecule has 0 amide bonds. The molecule has 1 heterocycles. The molecule has 1 aromatic rings. The largest absolute Gasteiger partial charge is 0.491 e. The lowest BCUT2D eigenvalue weighted by Crippen LogP contribution is -2.47. The van der Waals surface area contributed by atoms with Gasteiger partial charge in [-0.25, -0.2) is 4.39 Å². The van der Waals surface area contributed by atoms with Gasteiger partial charge in [0.15, 0.2) is 11.6 Å². The highest BCUT2D eigenvalue weighted by Crippen LogP contribution is 2.27. The molecule has 0 radical (unpaired) electrons. The Balaban J connectivity index is 2.08. The van der Waals surface area contributed by atoms with Gasteiger partial charge in [-0.05, 0) is 38.4 Å². The second kappa shape index (κ2) is 6.24. The van der Waals surface area contributed by atoms with E-state index in [1.165, 1.54) is 0 Å². The van der Waals surface area contributed by atoms with Gasteiger partial charge in [-0.15, -0.1) is 0 Å². The summed E-state index contributed by atoms with van der Waals surface area (Å²) >= 11 is 0. The molecule has 3 nitrogen and oxygen atoms in total. The van der Waals surface area contributed by atoms with Crippen molar-refractivity contribution in [2.75, 3.05) is 31.6 Å². The Morgan fingerprint density at radius 1 is 1.47 bits per heavy atom. The van der Waals surface area contributed by atoms with Crippen LogP contribution in [0.3, 0.4) is 0 Å². The summed E-state index contributed by atoms with van der Waals surface area (Å²) in [6.45, 7) is 6.50. The van der Waals surface area contributed by atoms with Crippen LogP contribution in [0.1, 0.15) is 20.3 Å². The van der Waals surface area contributed by atoms with Gasteiger partial charge in [0, 0.05) is 30.9 Å². The molecule has 2 atom stereocenters. The molecule has 1 aromatic carbocycles. The van der Waals surface area contributed by atoms with Crippen molar-refractivity contribution in [3.8, 4) is 5.75 Å². The Kier molecular flexibility index (Phi) is 4.64. The third-order valence-corrected chi connectivity index (χ3v) is 3.86. The van der Waals surface area contributed by atoms with Crippen molar-refractivity contribution < 1.29 is 9.13 Å². The number of halogens is 1. The Hall–Kier alpha value is -1.29. The second-order valence-corrected chi connectivity index (χ2v) is 5.15. The standard InChI is InChI=1S/C15H23FN2O/c1-4-19-15-6-5-12(9-13(15)16)18-8-7-14(17-3)11(2)10-18/h5-6,9,11,14,17H,4,7-8,10H2,1-3H3. The van der Waals surface area contributed by atoms with Gasteiger partial charge >= 0.3 is 0 Å². The smallest absolute Gasteiger partial charge is 0.167 e. The van der Waals surface area contributed by atoms with Crippen LogP contribution in [0, 0.1) is 11.7 Å². The minimum Gasteiger partial charge on any atom is -0.491 e. The van der Waals surface area contributed by atoms with Crippen molar-refractivity contribution in [3.63, 3.8) is 0 Å². The number of nitrogens with one attached hydrogen (secondary N) is 1. The topological polar surface area (TPSA) is 24.5 Å². The third kappa shape index (κ3) is 3.18. The lowest BCUT2D eigenvalue weighted by atomic mass is 9.93. The van der Waals surface area contributed by atoms with E-state index in [2.05, 4.69) is 17.1 Å². The van der Waals surface area contributed by atoms with Gasteiger partial charge in [-0.2, -0.15) is 0 Å². The lowest BCUT2D eigenvalue weighted by molar-refractivity contribution is 0.320. The summed E-state index contributed by atoms with van der Waals surface area (Å²) in [4.78, 5) is 2.25. The highest BCUT2D eigenvalue weighted by Gasteiger charge is 2.25. The summed E-state index contributed by atoms with van der Waals surface area (Å²) in [5.41, 5.74) is 0.947. The number of ether oxygens (including phenoxy) is 1. The van der Waals surface area contributed by atoms with Gasteiger partial charge in [-0.1, -0.05) is 6.92 Å². The molecule has 0 aliphatic carbocycles. The van der Waals surface area contributed by atoms with Crippen molar-refractivity contribution in [1.29, 1.82) is 0 Å². The molecule has 1 aliphatic heterocycles.